The van der Waals surface area contributed by atoms with Gasteiger partial charge < -0.3 is 15.4 Å². The van der Waals surface area contributed by atoms with Crippen LogP contribution in [0.2, 0.25) is 0 Å². The first-order chi connectivity index (χ1) is 10.2. The van der Waals surface area contributed by atoms with Gasteiger partial charge in [0.25, 0.3) is 5.91 Å². The van der Waals surface area contributed by atoms with Crippen LogP contribution in [0, 0.1) is 5.92 Å². The van der Waals surface area contributed by atoms with Gasteiger partial charge in [0, 0.05) is 18.2 Å². The van der Waals surface area contributed by atoms with Crippen LogP contribution in [0.25, 0.3) is 0 Å². The zero-order valence-electron chi connectivity index (χ0n) is 12.7. The number of hydrogen-bond acceptors (Lipinski definition) is 3. The highest BCUT2D eigenvalue weighted by Gasteiger charge is 2.36. The quantitative estimate of drug-likeness (QED) is 0.851. The molecule has 1 saturated carbocycles. The smallest absolute Gasteiger partial charge is 0.254 e. The van der Waals surface area contributed by atoms with Crippen LogP contribution < -0.4 is 10.5 Å². The van der Waals surface area contributed by atoms with Crippen molar-refractivity contribution in [3.63, 3.8) is 0 Å². The van der Waals surface area contributed by atoms with Crippen molar-refractivity contribution in [1.82, 2.24) is 4.90 Å². The molecule has 1 aliphatic heterocycles. The monoisotopic (exact) mass is 288 g/mol. The summed E-state index contributed by atoms with van der Waals surface area (Å²) in [6, 6.07) is 5.77. The lowest BCUT2D eigenvalue weighted by molar-refractivity contribution is 0.0390. The summed E-state index contributed by atoms with van der Waals surface area (Å²) in [7, 11) is 1.58. The van der Waals surface area contributed by atoms with Crippen LogP contribution in [0.3, 0.4) is 0 Å². The second-order valence-electron chi connectivity index (χ2n) is 6.21. The summed E-state index contributed by atoms with van der Waals surface area (Å²) < 4.78 is 5.23. The van der Waals surface area contributed by atoms with Gasteiger partial charge in [-0.05, 0) is 49.8 Å². The first-order valence-electron chi connectivity index (χ1n) is 7.95. The number of fused-ring (bicyclic) bond motifs is 1. The maximum absolute atomic E-state index is 12.9. The number of likely N-dealkylation sites (tertiary alicyclic amines) is 1. The lowest BCUT2D eigenvalue weighted by Gasteiger charge is -2.44. The molecule has 4 heteroatoms. The van der Waals surface area contributed by atoms with E-state index in [1.807, 2.05) is 6.07 Å². The van der Waals surface area contributed by atoms with E-state index in [1.54, 1.807) is 19.2 Å². The number of hydrogen-bond donors (Lipinski definition) is 1. The predicted molar refractivity (Wildman–Crippen MR) is 83.4 cm³/mol. The Bertz CT molecular complexity index is 528. The van der Waals surface area contributed by atoms with E-state index >= 15 is 0 Å². The van der Waals surface area contributed by atoms with Crippen LogP contribution in [-0.2, 0) is 0 Å². The maximum Gasteiger partial charge on any atom is 0.254 e. The molecule has 1 saturated heterocycles. The Balaban J connectivity index is 1.83. The van der Waals surface area contributed by atoms with Gasteiger partial charge in [-0.2, -0.15) is 0 Å². The minimum Gasteiger partial charge on any atom is -0.495 e. The SMILES string of the molecule is COc1cc(C(=O)N2CCCC3CCCCC32)ccc1N. The Hall–Kier alpha value is -1.71. The minimum absolute atomic E-state index is 0.130. The number of carbonyl (C=O) groups excluding carboxylic acids is 1. The molecule has 2 aliphatic rings. The molecule has 21 heavy (non-hydrogen) atoms. The topological polar surface area (TPSA) is 55.6 Å². The molecule has 1 heterocycles. The Morgan fingerprint density at radius 1 is 1.24 bits per heavy atom. The molecule has 0 bridgehead atoms. The van der Waals surface area contributed by atoms with Crippen molar-refractivity contribution >= 4 is 11.6 Å². The van der Waals surface area contributed by atoms with Gasteiger partial charge in [-0.3, -0.25) is 4.79 Å². The van der Waals surface area contributed by atoms with E-state index < -0.39 is 0 Å². The molecule has 2 fully saturated rings. The largest absolute Gasteiger partial charge is 0.495 e. The van der Waals surface area contributed by atoms with E-state index in [0.29, 0.717) is 29.0 Å². The number of piperidine rings is 1. The molecule has 4 nitrogen and oxygen atoms in total. The number of methoxy groups -OCH3 is 1. The molecule has 114 valence electrons. The van der Waals surface area contributed by atoms with Gasteiger partial charge in [-0.15, -0.1) is 0 Å². The summed E-state index contributed by atoms with van der Waals surface area (Å²) in [6.07, 6.45) is 7.40. The van der Waals surface area contributed by atoms with E-state index in [4.69, 9.17) is 10.5 Å². The summed E-state index contributed by atoms with van der Waals surface area (Å²) in [4.78, 5) is 15.0. The van der Waals surface area contributed by atoms with Crippen LogP contribution in [0.1, 0.15) is 48.9 Å². The fourth-order valence-corrected chi connectivity index (χ4v) is 3.89. The normalized spacial score (nSPS) is 25.3. The molecular weight excluding hydrogens is 264 g/mol. The zero-order chi connectivity index (χ0) is 14.8. The van der Waals surface area contributed by atoms with Gasteiger partial charge in [0.05, 0.1) is 12.8 Å². The van der Waals surface area contributed by atoms with Crippen LogP contribution in [-0.4, -0.2) is 30.5 Å². The van der Waals surface area contributed by atoms with Crippen molar-refractivity contribution in [3.05, 3.63) is 23.8 Å². The number of benzene rings is 1. The van der Waals surface area contributed by atoms with Crippen LogP contribution in [0.4, 0.5) is 5.69 Å². The first kappa shape index (κ1) is 14.2. The average molecular weight is 288 g/mol. The summed E-state index contributed by atoms with van der Waals surface area (Å²) in [5, 5.41) is 0. The molecule has 0 radical (unpaired) electrons. The maximum atomic E-state index is 12.9. The second-order valence-corrected chi connectivity index (χ2v) is 6.21. The number of nitrogen functional groups attached to an aromatic ring is 1. The molecule has 2 N–H and O–H groups in total. The Morgan fingerprint density at radius 3 is 2.81 bits per heavy atom. The third-order valence-corrected chi connectivity index (χ3v) is 4.98. The van der Waals surface area contributed by atoms with Gasteiger partial charge in [-0.25, -0.2) is 0 Å². The molecule has 1 amide bonds. The Kier molecular flexibility index (Phi) is 4.04. The van der Waals surface area contributed by atoms with Crippen molar-refractivity contribution < 1.29 is 9.53 Å². The molecule has 2 atom stereocenters. The fraction of sp³-hybridized carbons (Fsp3) is 0.588. The van der Waals surface area contributed by atoms with E-state index in [0.717, 1.165) is 19.4 Å². The van der Waals surface area contributed by atoms with Crippen LogP contribution in [0.5, 0.6) is 5.75 Å². The third kappa shape index (κ3) is 2.71. The van der Waals surface area contributed by atoms with Crippen molar-refractivity contribution in [2.75, 3.05) is 19.4 Å². The number of anilines is 1. The summed E-state index contributed by atoms with van der Waals surface area (Å²) in [5.74, 6) is 1.41. The molecule has 0 aromatic heterocycles. The van der Waals surface area contributed by atoms with Crippen LogP contribution >= 0.6 is 0 Å². The Labute approximate surface area is 126 Å². The number of nitrogens with zero attached hydrogens (tertiary/aromatic N) is 1. The van der Waals surface area contributed by atoms with Crippen LogP contribution in [0.15, 0.2) is 18.2 Å². The summed E-state index contributed by atoms with van der Waals surface area (Å²) in [6.45, 7) is 0.882. The van der Waals surface area contributed by atoms with Gasteiger partial charge in [0.2, 0.25) is 0 Å². The van der Waals surface area contributed by atoms with Gasteiger partial charge in [0.15, 0.2) is 0 Å². The minimum atomic E-state index is 0.130. The van der Waals surface area contributed by atoms with E-state index in [-0.39, 0.29) is 5.91 Å². The van der Waals surface area contributed by atoms with Gasteiger partial charge in [-0.1, -0.05) is 12.8 Å². The van der Waals surface area contributed by atoms with Crippen molar-refractivity contribution in [2.45, 2.75) is 44.6 Å². The third-order valence-electron chi connectivity index (χ3n) is 4.98. The molecular formula is C17H24N2O2. The van der Waals surface area contributed by atoms with Gasteiger partial charge >= 0.3 is 0 Å². The summed E-state index contributed by atoms with van der Waals surface area (Å²) >= 11 is 0. The highest BCUT2D eigenvalue weighted by atomic mass is 16.5. The lowest BCUT2D eigenvalue weighted by atomic mass is 9.78. The number of carbonyl (C=O) groups is 1. The number of ether oxygens (including phenoxy) is 1. The zero-order valence-corrected chi connectivity index (χ0v) is 12.7. The van der Waals surface area contributed by atoms with Gasteiger partial charge in [0.1, 0.15) is 5.75 Å². The fourth-order valence-electron chi connectivity index (χ4n) is 3.89. The van der Waals surface area contributed by atoms with E-state index in [2.05, 4.69) is 4.90 Å². The average Bonchev–Trinajstić information content (AvgIpc) is 2.54. The summed E-state index contributed by atoms with van der Waals surface area (Å²) in [5.41, 5.74) is 7.09. The number of nitrogens with two attached hydrogens (primary N) is 1. The lowest BCUT2D eigenvalue weighted by Crippen LogP contribution is -2.49. The molecule has 1 aromatic rings. The highest BCUT2D eigenvalue weighted by molar-refractivity contribution is 5.95. The second kappa shape index (κ2) is 5.96. The van der Waals surface area contributed by atoms with E-state index in [9.17, 15) is 4.79 Å². The van der Waals surface area contributed by atoms with Crippen molar-refractivity contribution in [2.24, 2.45) is 5.92 Å². The predicted octanol–water partition coefficient (Wildman–Crippen LogP) is 3.07. The molecule has 3 rings (SSSR count). The molecule has 1 aliphatic carbocycles. The van der Waals surface area contributed by atoms with E-state index in [1.165, 1.54) is 25.7 Å². The molecule has 1 aromatic carbocycles. The molecule has 2 unspecified atom stereocenters. The molecule has 0 spiro atoms. The first-order valence-corrected chi connectivity index (χ1v) is 7.95. The number of amides is 1. The Morgan fingerprint density at radius 2 is 2.00 bits per heavy atom. The standard InChI is InChI=1S/C17H24N2O2/c1-21-16-11-13(8-9-14(16)18)17(20)19-10-4-6-12-5-2-3-7-15(12)19/h8-9,11-12,15H,2-7,10,18H2,1H3. The number of rotatable bonds is 2. The van der Waals surface area contributed by atoms with Crippen molar-refractivity contribution in [3.8, 4) is 5.75 Å². The van der Waals surface area contributed by atoms with Crippen molar-refractivity contribution in [1.29, 1.82) is 0 Å². The highest BCUT2D eigenvalue weighted by Crippen LogP contribution is 2.36.